The van der Waals surface area contributed by atoms with E-state index >= 15 is 0 Å². The number of sulfonamides is 1. The maximum atomic E-state index is 12.0. The first-order valence-corrected chi connectivity index (χ1v) is 7.67. The average molecular weight is 285 g/mol. The van der Waals surface area contributed by atoms with Gasteiger partial charge in [-0.2, -0.15) is 0 Å². The average Bonchev–Trinajstić information content (AvgIpc) is 3.20. The number of hydrogen-bond acceptors (Lipinski definition) is 6. The van der Waals surface area contributed by atoms with E-state index in [0.29, 0.717) is 12.6 Å². The summed E-state index contributed by atoms with van der Waals surface area (Å²) < 4.78 is 26.6. The summed E-state index contributed by atoms with van der Waals surface area (Å²) in [5.74, 6) is 0.0563. The van der Waals surface area contributed by atoms with Gasteiger partial charge in [-0.05, 0) is 26.8 Å². The molecular weight excluding hydrogens is 266 g/mol. The van der Waals surface area contributed by atoms with Crippen LogP contribution in [0, 0.1) is 0 Å². The van der Waals surface area contributed by atoms with Crippen LogP contribution in [-0.4, -0.2) is 49.0 Å². The zero-order chi connectivity index (χ0) is 14.0. The standard InChI is InChI=1S/C11H19N5O2S/c1-8(16(2)9-3-4-9)5-15-19(17,18)10-6-13-11(12)14-7-10/h6-9,15H,3-5H2,1-2H3,(H2,12,13,14). The van der Waals surface area contributed by atoms with Gasteiger partial charge in [-0.15, -0.1) is 0 Å². The van der Waals surface area contributed by atoms with Crippen molar-refractivity contribution < 1.29 is 8.42 Å². The van der Waals surface area contributed by atoms with Crippen molar-refractivity contribution in [2.45, 2.75) is 36.7 Å². The minimum absolute atomic E-state index is 0.0305. The van der Waals surface area contributed by atoms with Crippen LogP contribution in [0.3, 0.4) is 0 Å². The van der Waals surface area contributed by atoms with Gasteiger partial charge in [-0.25, -0.2) is 23.1 Å². The number of aromatic nitrogens is 2. The van der Waals surface area contributed by atoms with E-state index < -0.39 is 10.0 Å². The molecule has 1 aliphatic carbocycles. The van der Waals surface area contributed by atoms with Crippen LogP contribution in [0.4, 0.5) is 5.95 Å². The summed E-state index contributed by atoms with van der Waals surface area (Å²) in [6.07, 6.45) is 4.80. The van der Waals surface area contributed by atoms with E-state index in [1.165, 1.54) is 25.2 Å². The van der Waals surface area contributed by atoms with Gasteiger partial charge in [0.05, 0.1) is 12.4 Å². The lowest BCUT2D eigenvalue weighted by atomic mass is 10.3. The Bertz CT molecular complexity index is 527. The number of anilines is 1. The lowest BCUT2D eigenvalue weighted by Crippen LogP contribution is -2.41. The van der Waals surface area contributed by atoms with Crippen molar-refractivity contribution in [1.82, 2.24) is 19.6 Å². The van der Waals surface area contributed by atoms with Gasteiger partial charge in [0, 0.05) is 18.6 Å². The second-order valence-corrected chi connectivity index (χ2v) is 6.64. The molecule has 1 heterocycles. The van der Waals surface area contributed by atoms with Crippen LogP contribution >= 0.6 is 0 Å². The number of likely N-dealkylation sites (N-methyl/N-ethyl adjacent to an activating group) is 1. The fourth-order valence-corrected chi connectivity index (χ4v) is 2.77. The molecule has 1 saturated carbocycles. The third-order valence-corrected chi connectivity index (χ3v) is 4.72. The Morgan fingerprint density at radius 1 is 1.47 bits per heavy atom. The molecule has 1 fully saturated rings. The molecule has 1 aromatic heterocycles. The molecule has 1 aromatic rings. The summed E-state index contributed by atoms with van der Waals surface area (Å²) in [4.78, 5) is 9.59. The molecule has 1 unspecified atom stereocenters. The Balaban J connectivity index is 1.95. The monoisotopic (exact) mass is 285 g/mol. The predicted octanol–water partition coefficient (Wildman–Crippen LogP) is -0.180. The molecule has 1 aliphatic rings. The minimum Gasteiger partial charge on any atom is -0.368 e. The highest BCUT2D eigenvalue weighted by Crippen LogP contribution is 2.26. The Hall–Kier alpha value is -1.25. The molecule has 7 nitrogen and oxygen atoms in total. The highest BCUT2D eigenvalue weighted by atomic mass is 32.2. The molecule has 0 bridgehead atoms. The molecule has 3 N–H and O–H groups in total. The van der Waals surface area contributed by atoms with Gasteiger partial charge < -0.3 is 5.73 Å². The SMILES string of the molecule is CC(CNS(=O)(=O)c1cnc(N)nc1)N(C)C1CC1. The summed E-state index contributed by atoms with van der Waals surface area (Å²) in [5.41, 5.74) is 5.33. The number of nitrogens with two attached hydrogens (primary N) is 1. The molecule has 19 heavy (non-hydrogen) atoms. The summed E-state index contributed by atoms with van der Waals surface area (Å²) >= 11 is 0. The van der Waals surface area contributed by atoms with Gasteiger partial charge in [0.15, 0.2) is 0 Å². The van der Waals surface area contributed by atoms with Gasteiger partial charge >= 0.3 is 0 Å². The fraction of sp³-hybridized carbons (Fsp3) is 0.636. The highest BCUT2D eigenvalue weighted by Gasteiger charge is 2.29. The molecule has 0 amide bonds. The first kappa shape index (κ1) is 14.2. The van der Waals surface area contributed by atoms with Crippen molar-refractivity contribution in [3.63, 3.8) is 0 Å². The molecule has 0 aromatic carbocycles. The zero-order valence-corrected chi connectivity index (χ0v) is 11.9. The lowest BCUT2D eigenvalue weighted by Gasteiger charge is -2.24. The molecule has 0 saturated heterocycles. The van der Waals surface area contributed by atoms with Crippen molar-refractivity contribution in [2.24, 2.45) is 0 Å². The summed E-state index contributed by atoms with van der Waals surface area (Å²) in [6, 6.07) is 0.747. The molecule has 0 aliphatic heterocycles. The fourth-order valence-electron chi connectivity index (χ4n) is 1.76. The van der Waals surface area contributed by atoms with Gasteiger partial charge in [-0.1, -0.05) is 0 Å². The largest absolute Gasteiger partial charge is 0.368 e. The summed E-state index contributed by atoms with van der Waals surface area (Å²) in [6.45, 7) is 2.36. The number of rotatable bonds is 6. The number of nitrogens with one attached hydrogen (secondary N) is 1. The van der Waals surface area contributed by atoms with Crippen molar-refractivity contribution in [3.8, 4) is 0 Å². The third-order valence-electron chi connectivity index (χ3n) is 3.35. The molecular formula is C11H19N5O2S. The van der Waals surface area contributed by atoms with E-state index in [0.717, 1.165) is 0 Å². The Labute approximate surface area is 113 Å². The first-order valence-electron chi connectivity index (χ1n) is 6.19. The number of hydrogen-bond donors (Lipinski definition) is 2. The molecule has 0 spiro atoms. The number of nitrogen functional groups attached to an aromatic ring is 1. The quantitative estimate of drug-likeness (QED) is 0.752. The second-order valence-electron chi connectivity index (χ2n) is 4.87. The van der Waals surface area contributed by atoms with Crippen LogP contribution in [-0.2, 0) is 10.0 Å². The van der Waals surface area contributed by atoms with Crippen LogP contribution < -0.4 is 10.5 Å². The van der Waals surface area contributed by atoms with Crippen LogP contribution in [0.25, 0.3) is 0 Å². The molecule has 0 radical (unpaired) electrons. The van der Waals surface area contributed by atoms with Crippen LogP contribution in [0.2, 0.25) is 0 Å². The van der Waals surface area contributed by atoms with Crippen molar-refractivity contribution in [2.75, 3.05) is 19.3 Å². The van der Waals surface area contributed by atoms with E-state index in [9.17, 15) is 8.42 Å². The molecule has 8 heteroatoms. The van der Waals surface area contributed by atoms with Gasteiger partial charge in [-0.3, -0.25) is 4.90 Å². The van der Waals surface area contributed by atoms with E-state index in [4.69, 9.17) is 5.73 Å². The molecule has 1 atom stereocenters. The van der Waals surface area contributed by atoms with E-state index in [1.54, 1.807) is 0 Å². The predicted molar refractivity (Wildman–Crippen MR) is 71.9 cm³/mol. The maximum Gasteiger partial charge on any atom is 0.243 e. The van der Waals surface area contributed by atoms with E-state index in [-0.39, 0.29) is 16.9 Å². The topological polar surface area (TPSA) is 101 Å². The normalized spacial score (nSPS) is 17.6. The Morgan fingerprint density at radius 3 is 2.58 bits per heavy atom. The van der Waals surface area contributed by atoms with Crippen LogP contribution in [0.15, 0.2) is 17.3 Å². The Kier molecular flexibility index (Phi) is 4.02. The lowest BCUT2D eigenvalue weighted by molar-refractivity contribution is 0.248. The minimum atomic E-state index is -3.57. The van der Waals surface area contributed by atoms with Crippen LogP contribution in [0.1, 0.15) is 19.8 Å². The molecule has 106 valence electrons. The first-order chi connectivity index (χ1) is 8.90. The maximum absolute atomic E-state index is 12.0. The van der Waals surface area contributed by atoms with E-state index in [2.05, 4.69) is 19.6 Å². The third kappa shape index (κ3) is 3.62. The van der Waals surface area contributed by atoms with Gasteiger partial charge in [0.1, 0.15) is 4.90 Å². The van der Waals surface area contributed by atoms with E-state index in [1.807, 2.05) is 14.0 Å². The summed E-state index contributed by atoms with van der Waals surface area (Å²) in [7, 11) is -1.55. The van der Waals surface area contributed by atoms with Crippen LogP contribution in [0.5, 0.6) is 0 Å². The Morgan fingerprint density at radius 2 is 2.05 bits per heavy atom. The van der Waals surface area contributed by atoms with Crippen molar-refractivity contribution >= 4 is 16.0 Å². The molecule has 2 rings (SSSR count). The van der Waals surface area contributed by atoms with Crippen molar-refractivity contribution in [1.29, 1.82) is 0 Å². The highest BCUT2D eigenvalue weighted by molar-refractivity contribution is 7.89. The zero-order valence-electron chi connectivity index (χ0n) is 11.1. The second kappa shape index (κ2) is 5.40. The van der Waals surface area contributed by atoms with Gasteiger partial charge in [0.2, 0.25) is 16.0 Å². The van der Waals surface area contributed by atoms with Crippen molar-refractivity contribution in [3.05, 3.63) is 12.4 Å². The smallest absolute Gasteiger partial charge is 0.243 e. The summed E-state index contributed by atoms with van der Waals surface area (Å²) in [5, 5.41) is 0. The van der Waals surface area contributed by atoms with Gasteiger partial charge in [0.25, 0.3) is 0 Å². The number of nitrogens with zero attached hydrogens (tertiary/aromatic N) is 3.